The minimum atomic E-state index is -0.692. The molecule has 0 radical (unpaired) electrons. The third kappa shape index (κ3) is 6.98. The van der Waals surface area contributed by atoms with Gasteiger partial charge in [0.2, 0.25) is 0 Å². The fourth-order valence-corrected chi connectivity index (χ4v) is 10.6. The van der Waals surface area contributed by atoms with Crippen LogP contribution in [0.4, 0.5) is 5.69 Å². The molecule has 1 heteroatoms. The van der Waals surface area contributed by atoms with Gasteiger partial charge in [-0.3, -0.25) is 0 Å². The number of nitrogens with zero attached hydrogens (tertiary/aromatic N) is 1. The Bertz CT molecular complexity index is 3400. The predicted octanol–water partition coefficient (Wildman–Crippen LogP) is 17.3. The van der Waals surface area contributed by atoms with E-state index >= 15 is 0 Å². The second kappa shape index (κ2) is 17.7. The molecule has 66 heavy (non-hydrogen) atoms. The van der Waals surface area contributed by atoms with Gasteiger partial charge in [-0.2, -0.15) is 0 Å². The summed E-state index contributed by atoms with van der Waals surface area (Å²) in [5, 5.41) is 7.31. The van der Waals surface area contributed by atoms with E-state index < -0.39 is 5.41 Å². The molecule has 0 bridgehead atoms. The molecule has 1 nitrogen and oxygen atoms in total. The molecule has 0 N–H and O–H groups in total. The van der Waals surface area contributed by atoms with Crippen LogP contribution in [0.25, 0.3) is 61.2 Å². The predicted molar refractivity (Wildman–Crippen MR) is 286 cm³/mol. The molecule has 0 aliphatic heterocycles. The maximum atomic E-state index is 4.93. The van der Waals surface area contributed by atoms with Crippen molar-refractivity contribution in [3.63, 3.8) is 0 Å². The second-order valence-corrected chi connectivity index (χ2v) is 17.0. The summed E-state index contributed by atoms with van der Waals surface area (Å²) in [6, 6.07) is 61.2. The van der Waals surface area contributed by atoms with Crippen molar-refractivity contribution in [2.75, 3.05) is 4.90 Å². The Balaban J connectivity index is 1.23. The first-order valence-electron chi connectivity index (χ1n) is 22.7. The van der Waals surface area contributed by atoms with Crippen LogP contribution in [0.1, 0.15) is 40.7 Å². The van der Waals surface area contributed by atoms with Crippen LogP contribution in [0.3, 0.4) is 0 Å². The topological polar surface area (TPSA) is 3.24 Å². The molecule has 0 amide bonds. The first-order valence-corrected chi connectivity index (χ1v) is 22.7. The normalized spacial score (nSPS) is 16.4. The van der Waals surface area contributed by atoms with Gasteiger partial charge in [0.05, 0.1) is 5.41 Å². The van der Waals surface area contributed by atoms with E-state index in [0.29, 0.717) is 0 Å². The molecule has 0 unspecified atom stereocenters. The van der Waals surface area contributed by atoms with Crippen molar-refractivity contribution in [1.29, 1.82) is 0 Å². The summed E-state index contributed by atoms with van der Waals surface area (Å²) in [6.07, 6.45) is 20.9. The first kappa shape index (κ1) is 41.7. The SMILES string of the molecule is C=CC=C1/C(=C/N(C2=CC(c3cc4ccccc4c4ccccc34)=CCC2)c2cccc(-c3cc4ccccc4c(C=C)c3C=C)c2)C(=C)/C(=C\C=C)C1(c1ccccc1)c1ccccc1. The number of rotatable bonds is 11. The lowest BCUT2D eigenvalue weighted by atomic mass is 9.67. The van der Waals surface area contributed by atoms with Gasteiger partial charge in [-0.15, -0.1) is 0 Å². The minimum Gasteiger partial charge on any atom is -0.320 e. The molecule has 0 spiro atoms. The van der Waals surface area contributed by atoms with Crippen molar-refractivity contribution in [1.82, 2.24) is 0 Å². The maximum absolute atomic E-state index is 4.93. The third-order valence-corrected chi connectivity index (χ3v) is 13.4. The Labute approximate surface area is 389 Å². The molecular weight excluding hydrogens is 795 g/mol. The molecule has 316 valence electrons. The van der Waals surface area contributed by atoms with E-state index in [9.17, 15) is 0 Å². The Morgan fingerprint density at radius 2 is 1.09 bits per heavy atom. The smallest absolute Gasteiger partial charge is 0.0713 e. The van der Waals surface area contributed by atoms with Crippen molar-refractivity contribution >= 4 is 55.7 Å². The van der Waals surface area contributed by atoms with E-state index in [-0.39, 0.29) is 0 Å². The van der Waals surface area contributed by atoms with Gasteiger partial charge in [0.25, 0.3) is 0 Å². The van der Waals surface area contributed by atoms with Crippen molar-refractivity contribution in [3.8, 4) is 11.1 Å². The highest BCUT2D eigenvalue weighted by molar-refractivity contribution is 6.12. The average molecular weight is 846 g/mol. The van der Waals surface area contributed by atoms with Crippen LogP contribution in [0, 0.1) is 0 Å². The van der Waals surface area contributed by atoms with Gasteiger partial charge in [0.1, 0.15) is 0 Å². The number of allylic oxidation sites excluding steroid dienone is 12. The van der Waals surface area contributed by atoms with Gasteiger partial charge in [-0.25, -0.2) is 0 Å². The second-order valence-electron chi connectivity index (χ2n) is 17.0. The summed E-state index contributed by atoms with van der Waals surface area (Å²) in [7, 11) is 0. The van der Waals surface area contributed by atoms with Crippen LogP contribution in [-0.4, -0.2) is 0 Å². The summed E-state index contributed by atoms with van der Waals surface area (Å²) < 4.78 is 0. The van der Waals surface area contributed by atoms with E-state index in [2.05, 4.69) is 232 Å². The highest BCUT2D eigenvalue weighted by Crippen LogP contribution is 2.58. The van der Waals surface area contributed by atoms with Crippen LogP contribution in [-0.2, 0) is 5.41 Å². The molecule has 0 heterocycles. The number of benzene rings is 8. The first-order chi connectivity index (χ1) is 32.5. The van der Waals surface area contributed by atoms with Gasteiger partial charge in [0.15, 0.2) is 0 Å². The fourth-order valence-electron chi connectivity index (χ4n) is 10.6. The van der Waals surface area contributed by atoms with Crippen molar-refractivity contribution in [2.24, 2.45) is 0 Å². The van der Waals surface area contributed by atoms with Crippen LogP contribution in [0.5, 0.6) is 0 Å². The lowest BCUT2D eigenvalue weighted by Crippen LogP contribution is -2.29. The summed E-state index contributed by atoms with van der Waals surface area (Å²) in [5.41, 5.74) is 14.7. The number of fused-ring (bicyclic) bond motifs is 4. The zero-order valence-corrected chi connectivity index (χ0v) is 37.3. The van der Waals surface area contributed by atoms with Crippen LogP contribution < -0.4 is 4.90 Å². The van der Waals surface area contributed by atoms with E-state index in [1.165, 1.54) is 38.4 Å². The quantitative estimate of drug-likeness (QED) is 0.117. The third-order valence-electron chi connectivity index (χ3n) is 13.4. The number of anilines is 1. The molecule has 8 aromatic rings. The summed E-state index contributed by atoms with van der Waals surface area (Å²) in [4.78, 5) is 2.41. The van der Waals surface area contributed by atoms with Gasteiger partial charge in [0, 0.05) is 23.2 Å². The Hall–Kier alpha value is -8.26. The molecule has 8 aromatic carbocycles. The van der Waals surface area contributed by atoms with Crippen LogP contribution in [0.2, 0.25) is 0 Å². The maximum Gasteiger partial charge on any atom is 0.0713 e. The van der Waals surface area contributed by atoms with E-state index in [1.807, 2.05) is 24.3 Å². The van der Waals surface area contributed by atoms with Crippen molar-refractivity contribution < 1.29 is 0 Å². The molecule has 2 aliphatic carbocycles. The molecular formula is C65H51N. The Kier molecular flexibility index (Phi) is 11.2. The van der Waals surface area contributed by atoms with Crippen LogP contribution >= 0.6 is 0 Å². The summed E-state index contributed by atoms with van der Waals surface area (Å²) >= 11 is 0. The van der Waals surface area contributed by atoms with Crippen molar-refractivity contribution in [2.45, 2.75) is 18.3 Å². The van der Waals surface area contributed by atoms with E-state index in [1.54, 1.807) is 0 Å². The van der Waals surface area contributed by atoms with Gasteiger partial charge in [-0.1, -0.05) is 221 Å². The summed E-state index contributed by atoms with van der Waals surface area (Å²) in [5.74, 6) is 0. The molecule has 2 aliphatic rings. The zero-order valence-electron chi connectivity index (χ0n) is 37.3. The Morgan fingerprint density at radius 1 is 0.515 bits per heavy atom. The molecule has 1 saturated carbocycles. The van der Waals surface area contributed by atoms with Gasteiger partial charge in [-0.05, 0) is 137 Å². The summed E-state index contributed by atoms with van der Waals surface area (Å²) in [6.45, 7) is 22.0. The number of hydrogen-bond acceptors (Lipinski definition) is 1. The van der Waals surface area contributed by atoms with Gasteiger partial charge >= 0.3 is 0 Å². The molecule has 10 rings (SSSR count). The van der Waals surface area contributed by atoms with E-state index in [4.69, 9.17) is 6.58 Å². The fraction of sp³-hybridized carbons (Fsp3) is 0.0462. The average Bonchev–Trinajstić information content (AvgIpc) is 3.60. The number of hydrogen-bond donors (Lipinski definition) is 0. The zero-order chi connectivity index (χ0) is 45.2. The largest absolute Gasteiger partial charge is 0.320 e. The Morgan fingerprint density at radius 3 is 1.76 bits per heavy atom. The van der Waals surface area contributed by atoms with Crippen LogP contribution in [0.15, 0.2) is 273 Å². The highest BCUT2D eigenvalue weighted by Gasteiger charge is 2.49. The molecule has 0 saturated heterocycles. The minimum absolute atomic E-state index is 0.692. The molecule has 1 fully saturated rings. The monoisotopic (exact) mass is 845 g/mol. The van der Waals surface area contributed by atoms with Crippen molar-refractivity contribution in [3.05, 3.63) is 301 Å². The highest BCUT2D eigenvalue weighted by atomic mass is 15.1. The van der Waals surface area contributed by atoms with Gasteiger partial charge < -0.3 is 4.90 Å². The lowest BCUT2D eigenvalue weighted by Gasteiger charge is -2.34. The molecule has 0 aromatic heterocycles. The molecule has 0 atom stereocenters. The van der Waals surface area contributed by atoms with E-state index in [0.717, 1.165) is 85.0 Å². The standard InChI is InChI=1S/C65H51N/c1-6-24-63-45(5)62(64(25-7-2)65(63,50-30-12-10-13-31-50)51-32-14-11-15-33-51)44-66(52-34-22-28-46(40-52)60-42-48-26-16-18-36-56(48)54(8-3)55(60)9-4)53-35-23-29-47(41-53)61-43-49-27-17-19-37-57(49)58-38-20-21-39-59(58)61/h6-22,24-34,36-44H,1-5,23,35H2/b62-44+,63-24+,64-25?. The lowest BCUT2D eigenvalue weighted by molar-refractivity contribution is 0.764.